The number of carbonyl (C=O) groups is 1. The third kappa shape index (κ3) is 4.31. The number of nitrogens with zero attached hydrogens (tertiary/aromatic N) is 4. The van der Waals surface area contributed by atoms with Crippen molar-refractivity contribution in [3.05, 3.63) is 81.7 Å². The van der Waals surface area contributed by atoms with Crippen LogP contribution < -0.4 is 16.3 Å². The van der Waals surface area contributed by atoms with Gasteiger partial charge in [-0.3, -0.25) is 4.79 Å². The average Bonchev–Trinajstić information content (AvgIpc) is 2.99. The van der Waals surface area contributed by atoms with Crippen molar-refractivity contribution in [1.29, 1.82) is 0 Å². The molecular formula is C21H17F3N6O2. The van der Waals surface area contributed by atoms with E-state index in [1.807, 2.05) is 0 Å². The molecule has 0 saturated carbocycles. The molecule has 0 aliphatic carbocycles. The summed E-state index contributed by atoms with van der Waals surface area (Å²) in [4.78, 5) is 29.5. The monoisotopic (exact) mass is 442 g/mol. The van der Waals surface area contributed by atoms with Crippen molar-refractivity contribution in [2.75, 3.05) is 10.6 Å². The van der Waals surface area contributed by atoms with Gasteiger partial charge in [0.25, 0.3) is 0 Å². The zero-order valence-electron chi connectivity index (χ0n) is 17.0. The quantitative estimate of drug-likeness (QED) is 0.495. The number of nitrogens with one attached hydrogen (secondary N) is 2. The van der Waals surface area contributed by atoms with Crippen LogP contribution in [0.3, 0.4) is 0 Å². The Morgan fingerprint density at radius 3 is 2.41 bits per heavy atom. The van der Waals surface area contributed by atoms with Gasteiger partial charge in [-0.2, -0.15) is 0 Å². The van der Waals surface area contributed by atoms with Crippen LogP contribution in [0.5, 0.6) is 0 Å². The first-order valence-corrected chi connectivity index (χ1v) is 9.46. The first kappa shape index (κ1) is 21.1. The van der Waals surface area contributed by atoms with Crippen molar-refractivity contribution in [3.63, 3.8) is 0 Å². The van der Waals surface area contributed by atoms with Gasteiger partial charge >= 0.3 is 5.69 Å². The van der Waals surface area contributed by atoms with Crippen LogP contribution in [0, 0.1) is 31.3 Å². The number of carbonyl (C=O) groups excluding carboxylic acids is 1. The van der Waals surface area contributed by atoms with E-state index >= 15 is 0 Å². The predicted octanol–water partition coefficient (Wildman–Crippen LogP) is 3.31. The van der Waals surface area contributed by atoms with Crippen LogP contribution in [0.1, 0.15) is 11.3 Å². The molecule has 2 aromatic carbocycles. The number of amides is 1. The molecule has 0 fully saturated rings. The van der Waals surface area contributed by atoms with Crippen LogP contribution >= 0.6 is 0 Å². The van der Waals surface area contributed by atoms with E-state index in [4.69, 9.17) is 0 Å². The number of anilines is 3. The molecule has 2 aromatic heterocycles. The number of aryl methyl sites for hydroxylation is 2. The molecule has 4 rings (SSSR count). The molecule has 0 atom stereocenters. The number of aromatic nitrogens is 4. The van der Waals surface area contributed by atoms with Crippen LogP contribution in [-0.2, 0) is 11.3 Å². The maximum atomic E-state index is 13.6. The summed E-state index contributed by atoms with van der Waals surface area (Å²) in [6.07, 6.45) is 0. The summed E-state index contributed by atoms with van der Waals surface area (Å²) in [7, 11) is 0. The fraction of sp³-hybridized carbons (Fsp3) is 0.143. The Hall–Kier alpha value is -4.15. The molecule has 4 aromatic rings. The van der Waals surface area contributed by atoms with Gasteiger partial charge in [0.1, 0.15) is 24.0 Å². The molecule has 2 N–H and O–H groups in total. The van der Waals surface area contributed by atoms with E-state index in [1.54, 1.807) is 26.0 Å². The Morgan fingerprint density at radius 1 is 1.00 bits per heavy atom. The molecule has 0 unspecified atom stereocenters. The molecule has 0 radical (unpaired) electrons. The molecule has 1 amide bonds. The number of hydrogen-bond acceptors (Lipinski definition) is 5. The summed E-state index contributed by atoms with van der Waals surface area (Å²) < 4.78 is 42.3. The summed E-state index contributed by atoms with van der Waals surface area (Å²) in [5.41, 5.74) is 0.954. The van der Waals surface area contributed by atoms with E-state index in [1.165, 1.54) is 16.5 Å². The highest BCUT2D eigenvalue weighted by atomic mass is 19.1. The number of halogens is 3. The Labute approximate surface area is 179 Å². The number of benzene rings is 2. The van der Waals surface area contributed by atoms with Gasteiger partial charge in [-0.15, -0.1) is 5.10 Å². The fourth-order valence-corrected chi connectivity index (χ4v) is 3.15. The molecule has 11 heteroatoms. The molecule has 0 aliphatic rings. The van der Waals surface area contributed by atoms with Crippen LogP contribution in [0.2, 0.25) is 0 Å². The highest BCUT2D eigenvalue weighted by Crippen LogP contribution is 2.19. The van der Waals surface area contributed by atoms with E-state index in [0.717, 1.165) is 16.8 Å². The maximum absolute atomic E-state index is 13.6. The molecule has 0 spiro atoms. The summed E-state index contributed by atoms with van der Waals surface area (Å²) in [5, 5.41) is 9.43. The molecule has 0 bridgehead atoms. The third-order valence-corrected chi connectivity index (χ3v) is 4.55. The van der Waals surface area contributed by atoms with Crippen molar-refractivity contribution in [2.45, 2.75) is 20.4 Å². The average molecular weight is 442 g/mol. The largest absolute Gasteiger partial charge is 0.353 e. The van der Waals surface area contributed by atoms with E-state index in [0.29, 0.717) is 23.0 Å². The number of rotatable bonds is 5. The van der Waals surface area contributed by atoms with Gasteiger partial charge in [-0.25, -0.2) is 32.0 Å². The standard InChI is InChI=1S/C21H17F3N6O2/c1-11-5-15(3-4-17(11)24)27-20-25-12(2)6-18-28-29(21(32)30(18)20)10-19(31)26-16-8-13(22)7-14(23)9-16/h3-9H,10H2,1-2H3,(H,25,27)(H,26,31). The lowest BCUT2D eigenvalue weighted by atomic mass is 10.2. The fourth-order valence-electron chi connectivity index (χ4n) is 3.15. The SMILES string of the molecule is Cc1cc2nn(CC(=O)Nc3cc(F)cc(F)c3)c(=O)n2c(Nc2ccc(F)c(C)c2)n1. The van der Waals surface area contributed by atoms with Crippen LogP contribution in [-0.4, -0.2) is 25.1 Å². The Kier molecular flexibility index (Phi) is 5.39. The molecule has 0 aliphatic heterocycles. The molecular weight excluding hydrogens is 425 g/mol. The zero-order valence-corrected chi connectivity index (χ0v) is 17.0. The molecule has 8 nitrogen and oxygen atoms in total. The van der Waals surface area contributed by atoms with Gasteiger partial charge in [0.2, 0.25) is 11.9 Å². The van der Waals surface area contributed by atoms with Gasteiger partial charge in [-0.1, -0.05) is 0 Å². The highest BCUT2D eigenvalue weighted by Gasteiger charge is 2.16. The lowest BCUT2D eigenvalue weighted by molar-refractivity contribution is -0.117. The van der Waals surface area contributed by atoms with Crippen molar-refractivity contribution in [1.82, 2.24) is 19.2 Å². The summed E-state index contributed by atoms with van der Waals surface area (Å²) >= 11 is 0. The Morgan fingerprint density at radius 2 is 1.72 bits per heavy atom. The highest BCUT2D eigenvalue weighted by molar-refractivity contribution is 5.90. The maximum Gasteiger partial charge on any atom is 0.353 e. The van der Waals surface area contributed by atoms with E-state index in [-0.39, 0.29) is 23.1 Å². The number of hydrogen-bond donors (Lipinski definition) is 2. The van der Waals surface area contributed by atoms with Crippen LogP contribution in [0.25, 0.3) is 5.65 Å². The van der Waals surface area contributed by atoms with Gasteiger partial charge < -0.3 is 10.6 Å². The molecule has 32 heavy (non-hydrogen) atoms. The molecule has 0 saturated heterocycles. The van der Waals surface area contributed by atoms with Gasteiger partial charge in [-0.05, 0) is 49.7 Å². The minimum Gasteiger partial charge on any atom is -0.325 e. The first-order valence-electron chi connectivity index (χ1n) is 9.46. The summed E-state index contributed by atoms with van der Waals surface area (Å²) in [5.74, 6) is -2.63. The third-order valence-electron chi connectivity index (χ3n) is 4.55. The Bertz CT molecular complexity index is 1390. The smallest absolute Gasteiger partial charge is 0.325 e. The van der Waals surface area contributed by atoms with Crippen molar-refractivity contribution >= 4 is 28.9 Å². The minimum absolute atomic E-state index is 0.0872. The van der Waals surface area contributed by atoms with Crippen LogP contribution in [0.15, 0.2) is 47.3 Å². The second-order valence-electron chi connectivity index (χ2n) is 7.15. The van der Waals surface area contributed by atoms with E-state index < -0.39 is 29.8 Å². The van der Waals surface area contributed by atoms with Crippen LogP contribution in [0.4, 0.5) is 30.5 Å². The van der Waals surface area contributed by atoms with Crippen molar-refractivity contribution in [2.24, 2.45) is 0 Å². The van der Waals surface area contributed by atoms with Crippen molar-refractivity contribution < 1.29 is 18.0 Å². The summed E-state index contributed by atoms with van der Waals surface area (Å²) in [6.45, 7) is 2.82. The molecule has 164 valence electrons. The number of fused-ring (bicyclic) bond motifs is 1. The predicted molar refractivity (Wildman–Crippen MR) is 111 cm³/mol. The second kappa shape index (κ2) is 8.17. The van der Waals surface area contributed by atoms with Gasteiger partial charge in [0.15, 0.2) is 5.65 Å². The van der Waals surface area contributed by atoms with Crippen molar-refractivity contribution in [3.8, 4) is 0 Å². The molecule has 2 heterocycles. The van der Waals surface area contributed by atoms with E-state index in [9.17, 15) is 22.8 Å². The van der Waals surface area contributed by atoms with E-state index in [2.05, 4.69) is 20.7 Å². The van der Waals surface area contributed by atoms with Gasteiger partial charge in [0, 0.05) is 29.2 Å². The van der Waals surface area contributed by atoms with Gasteiger partial charge in [0.05, 0.1) is 0 Å². The first-order chi connectivity index (χ1) is 15.2. The normalized spacial score (nSPS) is 11.0. The lowest BCUT2D eigenvalue weighted by Gasteiger charge is -2.09. The lowest BCUT2D eigenvalue weighted by Crippen LogP contribution is -2.29. The Balaban J connectivity index is 1.64. The zero-order chi connectivity index (χ0) is 23.0. The summed E-state index contributed by atoms with van der Waals surface area (Å²) in [6, 6.07) is 8.48. The topological polar surface area (TPSA) is 93.3 Å². The minimum atomic E-state index is -0.849. The second-order valence-corrected chi connectivity index (χ2v) is 7.15.